The maximum Gasteiger partial charge on any atom is 0.234 e. The summed E-state index contributed by atoms with van der Waals surface area (Å²) in [6.45, 7) is 9.09. The standard InChI is InChI=1S/C13H25N3O/c1-11(2)15-12(17)9-16-8-5-13(10-16)3-6-14-7-4-13/h11,14H,3-10H2,1-2H3,(H,15,17). The largest absolute Gasteiger partial charge is 0.353 e. The van der Waals surface area contributed by atoms with Crippen LogP contribution in [0.2, 0.25) is 0 Å². The van der Waals surface area contributed by atoms with Gasteiger partial charge in [-0.1, -0.05) is 0 Å². The Morgan fingerprint density at radius 3 is 2.71 bits per heavy atom. The monoisotopic (exact) mass is 239 g/mol. The predicted octanol–water partition coefficient (Wildman–Crippen LogP) is 0.587. The van der Waals surface area contributed by atoms with E-state index in [4.69, 9.17) is 0 Å². The number of carbonyl (C=O) groups excluding carboxylic acids is 1. The topological polar surface area (TPSA) is 44.4 Å². The molecule has 2 aliphatic heterocycles. The van der Waals surface area contributed by atoms with Crippen molar-refractivity contribution in [2.75, 3.05) is 32.7 Å². The Morgan fingerprint density at radius 1 is 1.35 bits per heavy atom. The number of likely N-dealkylation sites (tertiary alicyclic amines) is 1. The minimum atomic E-state index is 0.172. The van der Waals surface area contributed by atoms with Crippen molar-refractivity contribution >= 4 is 5.91 Å². The van der Waals surface area contributed by atoms with Crippen molar-refractivity contribution in [2.45, 2.75) is 39.2 Å². The average Bonchev–Trinajstić information content (AvgIpc) is 2.61. The second-order valence-electron chi connectivity index (χ2n) is 5.93. The summed E-state index contributed by atoms with van der Waals surface area (Å²) in [6.07, 6.45) is 3.81. The van der Waals surface area contributed by atoms with E-state index in [0.29, 0.717) is 12.0 Å². The lowest BCUT2D eigenvalue weighted by Crippen LogP contribution is -2.42. The molecule has 98 valence electrons. The van der Waals surface area contributed by atoms with E-state index in [1.54, 1.807) is 0 Å². The van der Waals surface area contributed by atoms with E-state index in [1.807, 2.05) is 13.8 Å². The Labute approximate surface area is 104 Å². The van der Waals surface area contributed by atoms with Crippen LogP contribution < -0.4 is 10.6 Å². The predicted molar refractivity (Wildman–Crippen MR) is 68.9 cm³/mol. The molecular weight excluding hydrogens is 214 g/mol. The maximum absolute atomic E-state index is 11.7. The second kappa shape index (κ2) is 5.36. The van der Waals surface area contributed by atoms with Crippen molar-refractivity contribution in [2.24, 2.45) is 5.41 Å². The third-order valence-electron chi connectivity index (χ3n) is 4.00. The summed E-state index contributed by atoms with van der Waals surface area (Å²) in [5.74, 6) is 0.172. The molecule has 0 unspecified atom stereocenters. The Kier molecular flexibility index (Phi) is 4.05. The highest BCUT2D eigenvalue weighted by atomic mass is 16.2. The van der Waals surface area contributed by atoms with Crippen molar-refractivity contribution in [3.8, 4) is 0 Å². The van der Waals surface area contributed by atoms with Crippen LogP contribution in [0.25, 0.3) is 0 Å². The number of hydrogen-bond donors (Lipinski definition) is 2. The fourth-order valence-corrected chi connectivity index (χ4v) is 3.10. The highest BCUT2D eigenvalue weighted by Gasteiger charge is 2.39. The summed E-state index contributed by atoms with van der Waals surface area (Å²) in [5.41, 5.74) is 0.503. The molecule has 2 aliphatic rings. The van der Waals surface area contributed by atoms with Gasteiger partial charge >= 0.3 is 0 Å². The van der Waals surface area contributed by atoms with Gasteiger partial charge in [0.05, 0.1) is 6.54 Å². The summed E-state index contributed by atoms with van der Waals surface area (Å²) in [5, 5.41) is 6.39. The van der Waals surface area contributed by atoms with Crippen LogP contribution in [0.15, 0.2) is 0 Å². The maximum atomic E-state index is 11.7. The zero-order valence-electron chi connectivity index (χ0n) is 11.1. The second-order valence-corrected chi connectivity index (χ2v) is 5.93. The van der Waals surface area contributed by atoms with Gasteiger partial charge in [-0.25, -0.2) is 0 Å². The van der Waals surface area contributed by atoms with E-state index < -0.39 is 0 Å². The molecule has 0 saturated carbocycles. The molecule has 0 aliphatic carbocycles. The third kappa shape index (κ3) is 3.42. The normalized spacial score (nSPS) is 24.4. The van der Waals surface area contributed by atoms with Gasteiger partial charge in [0.1, 0.15) is 0 Å². The number of rotatable bonds is 3. The van der Waals surface area contributed by atoms with Gasteiger partial charge in [-0.15, -0.1) is 0 Å². The Bertz CT molecular complexity index is 272. The van der Waals surface area contributed by atoms with Gasteiger partial charge in [-0.05, 0) is 58.2 Å². The quantitative estimate of drug-likeness (QED) is 0.757. The highest BCUT2D eigenvalue weighted by molar-refractivity contribution is 5.78. The first kappa shape index (κ1) is 12.8. The minimum absolute atomic E-state index is 0.172. The van der Waals surface area contributed by atoms with Crippen molar-refractivity contribution in [1.82, 2.24) is 15.5 Å². The highest BCUT2D eigenvalue weighted by Crippen LogP contribution is 2.38. The van der Waals surface area contributed by atoms with Crippen LogP contribution in [-0.2, 0) is 4.79 Å². The van der Waals surface area contributed by atoms with Gasteiger partial charge in [-0.2, -0.15) is 0 Å². The summed E-state index contributed by atoms with van der Waals surface area (Å²) in [6, 6.07) is 0.248. The number of carbonyl (C=O) groups is 1. The van der Waals surface area contributed by atoms with E-state index in [-0.39, 0.29) is 11.9 Å². The van der Waals surface area contributed by atoms with Crippen molar-refractivity contribution < 1.29 is 4.79 Å². The minimum Gasteiger partial charge on any atom is -0.353 e. The molecule has 0 radical (unpaired) electrons. The van der Waals surface area contributed by atoms with Crippen molar-refractivity contribution in [3.63, 3.8) is 0 Å². The molecule has 0 aromatic carbocycles. The summed E-state index contributed by atoms with van der Waals surface area (Å²) < 4.78 is 0. The lowest BCUT2D eigenvalue weighted by atomic mass is 9.78. The first-order chi connectivity index (χ1) is 8.10. The molecule has 1 amide bonds. The Balaban J connectivity index is 1.79. The molecule has 2 saturated heterocycles. The number of piperidine rings is 1. The molecular formula is C13H25N3O. The number of hydrogen-bond acceptors (Lipinski definition) is 3. The molecule has 0 atom stereocenters. The van der Waals surface area contributed by atoms with Gasteiger partial charge < -0.3 is 10.6 Å². The summed E-state index contributed by atoms with van der Waals surface area (Å²) in [4.78, 5) is 14.0. The molecule has 1 spiro atoms. The molecule has 2 rings (SSSR count). The molecule has 2 N–H and O–H groups in total. The van der Waals surface area contributed by atoms with Gasteiger partial charge in [0.25, 0.3) is 0 Å². The Hall–Kier alpha value is -0.610. The molecule has 2 fully saturated rings. The summed E-state index contributed by atoms with van der Waals surface area (Å²) >= 11 is 0. The fraction of sp³-hybridized carbons (Fsp3) is 0.923. The zero-order valence-corrected chi connectivity index (χ0v) is 11.1. The van der Waals surface area contributed by atoms with Gasteiger partial charge in [0, 0.05) is 12.6 Å². The van der Waals surface area contributed by atoms with Gasteiger partial charge in [0.15, 0.2) is 0 Å². The van der Waals surface area contributed by atoms with Crippen LogP contribution in [0.4, 0.5) is 0 Å². The molecule has 0 bridgehead atoms. The van der Waals surface area contributed by atoms with Crippen molar-refractivity contribution in [3.05, 3.63) is 0 Å². The molecule has 4 heteroatoms. The molecule has 0 aromatic heterocycles. The lowest BCUT2D eigenvalue weighted by molar-refractivity contribution is -0.122. The first-order valence-electron chi connectivity index (χ1n) is 6.82. The molecule has 4 nitrogen and oxygen atoms in total. The molecule has 0 aromatic rings. The van der Waals surface area contributed by atoms with Crippen LogP contribution in [0.1, 0.15) is 33.1 Å². The summed E-state index contributed by atoms with van der Waals surface area (Å²) in [7, 11) is 0. The average molecular weight is 239 g/mol. The van der Waals surface area contributed by atoms with E-state index in [2.05, 4.69) is 15.5 Å². The van der Waals surface area contributed by atoms with E-state index >= 15 is 0 Å². The van der Waals surface area contributed by atoms with E-state index in [1.165, 1.54) is 19.3 Å². The first-order valence-corrected chi connectivity index (χ1v) is 6.82. The van der Waals surface area contributed by atoms with Crippen LogP contribution in [0.5, 0.6) is 0 Å². The van der Waals surface area contributed by atoms with E-state index in [0.717, 1.165) is 26.2 Å². The van der Waals surface area contributed by atoms with Crippen LogP contribution in [0.3, 0.4) is 0 Å². The zero-order chi connectivity index (χ0) is 12.3. The number of nitrogens with zero attached hydrogens (tertiary/aromatic N) is 1. The molecule has 2 heterocycles. The van der Waals surface area contributed by atoms with Crippen LogP contribution in [0, 0.1) is 5.41 Å². The van der Waals surface area contributed by atoms with Gasteiger partial charge in [0.2, 0.25) is 5.91 Å². The van der Waals surface area contributed by atoms with Crippen LogP contribution in [-0.4, -0.2) is 49.6 Å². The van der Waals surface area contributed by atoms with Crippen molar-refractivity contribution in [1.29, 1.82) is 0 Å². The van der Waals surface area contributed by atoms with Gasteiger partial charge in [-0.3, -0.25) is 9.69 Å². The Morgan fingerprint density at radius 2 is 2.06 bits per heavy atom. The third-order valence-corrected chi connectivity index (χ3v) is 4.00. The number of amides is 1. The van der Waals surface area contributed by atoms with Crippen LogP contribution >= 0.6 is 0 Å². The molecule has 17 heavy (non-hydrogen) atoms. The smallest absolute Gasteiger partial charge is 0.234 e. The lowest BCUT2D eigenvalue weighted by Gasteiger charge is -2.33. The fourth-order valence-electron chi connectivity index (χ4n) is 3.10. The number of nitrogens with one attached hydrogen (secondary N) is 2. The van der Waals surface area contributed by atoms with E-state index in [9.17, 15) is 4.79 Å². The SMILES string of the molecule is CC(C)NC(=O)CN1CCC2(CCNCC2)C1.